The van der Waals surface area contributed by atoms with E-state index < -0.39 is 12.1 Å². The van der Waals surface area contributed by atoms with Crippen LogP contribution < -0.4 is 0 Å². The second kappa shape index (κ2) is 9.34. The van der Waals surface area contributed by atoms with Gasteiger partial charge in [0.25, 0.3) is 0 Å². The highest BCUT2D eigenvalue weighted by molar-refractivity contribution is 5.72. The van der Waals surface area contributed by atoms with Crippen molar-refractivity contribution in [2.45, 2.75) is 59.6 Å². The average molecular weight is 259 g/mol. The summed E-state index contributed by atoms with van der Waals surface area (Å²) in [6.45, 7) is 12.3. The van der Waals surface area contributed by atoms with Gasteiger partial charge in [-0.2, -0.15) is 0 Å². The van der Waals surface area contributed by atoms with Crippen LogP contribution in [0.4, 0.5) is 0 Å². The van der Waals surface area contributed by atoms with Crippen molar-refractivity contribution >= 4 is 5.97 Å². The zero-order valence-electron chi connectivity index (χ0n) is 12.5. The summed E-state index contributed by atoms with van der Waals surface area (Å²) in [5.74, 6) is -0.335. The first-order valence-electron chi connectivity index (χ1n) is 7.04. The van der Waals surface area contributed by atoms with Gasteiger partial charge in [0.15, 0.2) is 6.10 Å². The summed E-state index contributed by atoms with van der Waals surface area (Å²) in [4.78, 5) is 13.4. The minimum Gasteiger partial charge on any atom is -0.479 e. The van der Waals surface area contributed by atoms with Crippen LogP contribution in [0.2, 0.25) is 0 Å². The Kier molecular flexibility index (Phi) is 9.02. The molecule has 0 aliphatic heterocycles. The Balaban J connectivity index is 4.67. The van der Waals surface area contributed by atoms with Crippen LogP contribution in [0.15, 0.2) is 0 Å². The second-order valence-electron chi connectivity index (χ2n) is 5.10. The highest BCUT2D eigenvalue weighted by Crippen LogP contribution is 2.13. The number of hydrogen-bond donors (Lipinski definition) is 1. The van der Waals surface area contributed by atoms with E-state index in [1.165, 1.54) is 0 Å². The van der Waals surface area contributed by atoms with Gasteiger partial charge in [0.05, 0.1) is 0 Å². The minimum absolute atomic E-state index is 0.440. The maximum Gasteiger partial charge on any atom is 0.334 e. The van der Waals surface area contributed by atoms with Crippen LogP contribution in [0, 0.1) is 5.92 Å². The average Bonchev–Trinajstić information content (AvgIpc) is 2.28. The molecular formula is C14H29NO3. The summed E-state index contributed by atoms with van der Waals surface area (Å²) in [5, 5.41) is 9.16. The first-order chi connectivity index (χ1) is 8.46. The maximum absolute atomic E-state index is 11.2. The number of nitrogens with zero attached hydrogens (tertiary/aromatic N) is 1. The van der Waals surface area contributed by atoms with E-state index >= 15 is 0 Å². The van der Waals surface area contributed by atoms with Gasteiger partial charge in [-0.3, -0.25) is 4.90 Å². The summed E-state index contributed by atoms with van der Waals surface area (Å²) in [6, 6.07) is 0.440. The first kappa shape index (κ1) is 17.4. The largest absolute Gasteiger partial charge is 0.479 e. The SMILES string of the molecule is CCOC(CN(CC(C)C)C(CC)CC)C(=O)O. The van der Waals surface area contributed by atoms with Gasteiger partial charge in [-0.05, 0) is 25.7 Å². The van der Waals surface area contributed by atoms with E-state index in [0.29, 0.717) is 25.1 Å². The molecule has 0 fully saturated rings. The molecule has 1 unspecified atom stereocenters. The topological polar surface area (TPSA) is 49.8 Å². The molecule has 4 nitrogen and oxygen atoms in total. The van der Waals surface area contributed by atoms with Crippen LogP contribution in [-0.4, -0.2) is 47.8 Å². The van der Waals surface area contributed by atoms with E-state index in [-0.39, 0.29) is 0 Å². The van der Waals surface area contributed by atoms with Crippen LogP contribution in [0.25, 0.3) is 0 Å². The van der Waals surface area contributed by atoms with E-state index in [1.54, 1.807) is 0 Å². The normalized spacial score (nSPS) is 13.6. The minimum atomic E-state index is -0.864. The van der Waals surface area contributed by atoms with E-state index in [9.17, 15) is 4.79 Å². The van der Waals surface area contributed by atoms with Crippen molar-refractivity contribution < 1.29 is 14.6 Å². The molecule has 1 N–H and O–H groups in total. The van der Waals surface area contributed by atoms with Crippen LogP contribution in [-0.2, 0) is 9.53 Å². The Morgan fingerprint density at radius 1 is 1.17 bits per heavy atom. The fourth-order valence-corrected chi connectivity index (χ4v) is 2.26. The Hall–Kier alpha value is -0.610. The number of aliphatic carboxylic acids is 1. The first-order valence-corrected chi connectivity index (χ1v) is 7.04. The van der Waals surface area contributed by atoms with Crippen molar-refractivity contribution in [3.63, 3.8) is 0 Å². The summed E-state index contributed by atoms with van der Waals surface area (Å²) in [7, 11) is 0. The van der Waals surface area contributed by atoms with Gasteiger partial charge < -0.3 is 9.84 Å². The van der Waals surface area contributed by atoms with Crippen LogP contribution >= 0.6 is 0 Å². The molecule has 0 radical (unpaired) electrons. The molecule has 0 aromatic heterocycles. The Bertz CT molecular complexity index is 227. The van der Waals surface area contributed by atoms with Gasteiger partial charge in [0.2, 0.25) is 0 Å². The molecule has 4 heteroatoms. The van der Waals surface area contributed by atoms with Crippen molar-refractivity contribution in [2.75, 3.05) is 19.7 Å². The number of carboxylic acids is 1. The van der Waals surface area contributed by atoms with Gasteiger partial charge in [-0.1, -0.05) is 27.7 Å². The molecule has 0 aromatic rings. The smallest absolute Gasteiger partial charge is 0.334 e. The number of ether oxygens (including phenoxy) is 1. The van der Waals surface area contributed by atoms with Gasteiger partial charge in [0, 0.05) is 25.7 Å². The quantitative estimate of drug-likeness (QED) is 0.655. The molecule has 0 aliphatic carbocycles. The third-order valence-corrected chi connectivity index (χ3v) is 3.10. The second-order valence-corrected chi connectivity index (χ2v) is 5.10. The van der Waals surface area contributed by atoms with Crippen molar-refractivity contribution in [2.24, 2.45) is 5.92 Å². The Morgan fingerprint density at radius 3 is 2.06 bits per heavy atom. The molecule has 0 aliphatic rings. The van der Waals surface area contributed by atoms with Crippen molar-refractivity contribution in [3.8, 4) is 0 Å². The molecule has 108 valence electrons. The van der Waals surface area contributed by atoms with Crippen LogP contribution in [0.5, 0.6) is 0 Å². The van der Waals surface area contributed by atoms with Gasteiger partial charge >= 0.3 is 5.97 Å². The molecule has 0 saturated heterocycles. The molecule has 0 rings (SSSR count). The zero-order chi connectivity index (χ0) is 14.1. The van der Waals surface area contributed by atoms with Gasteiger partial charge in [0.1, 0.15) is 0 Å². The number of carbonyl (C=O) groups is 1. The van der Waals surface area contributed by atoms with Gasteiger partial charge in [-0.15, -0.1) is 0 Å². The zero-order valence-corrected chi connectivity index (χ0v) is 12.5. The van der Waals surface area contributed by atoms with Gasteiger partial charge in [-0.25, -0.2) is 4.79 Å². The highest BCUT2D eigenvalue weighted by Gasteiger charge is 2.25. The summed E-state index contributed by atoms with van der Waals surface area (Å²) >= 11 is 0. The predicted molar refractivity (Wildman–Crippen MR) is 73.8 cm³/mol. The third kappa shape index (κ3) is 6.36. The number of carboxylic acid groups (broad SMARTS) is 1. The summed E-state index contributed by atoms with van der Waals surface area (Å²) < 4.78 is 5.31. The van der Waals surface area contributed by atoms with Crippen LogP contribution in [0.1, 0.15) is 47.5 Å². The lowest BCUT2D eigenvalue weighted by molar-refractivity contribution is -0.151. The molecule has 18 heavy (non-hydrogen) atoms. The monoisotopic (exact) mass is 259 g/mol. The molecule has 0 aromatic carbocycles. The number of rotatable bonds is 10. The molecule has 1 atom stereocenters. The van der Waals surface area contributed by atoms with E-state index in [2.05, 4.69) is 32.6 Å². The predicted octanol–water partition coefficient (Wildman–Crippen LogP) is 2.62. The van der Waals surface area contributed by atoms with E-state index in [4.69, 9.17) is 9.84 Å². The lowest BCUT2D eigenvalue weighted by atomic mass is 10.1. The standard InChI is InChI=1S/C14H29NO3/c1-6-12(7-2)15(9-11(4)5)10-13(14(16)17)18-8-3/h11-13H,6-10H2,1-5H3,(H,16,17). The van der Waals surface area contributed by atoms with Crippen molar-refractivity contribution in [3.05, 3.63) is 0 Å². The lowest BCUT2D eigenvalue weighted by Crippen LogP contribution is -2.45. The highest BCUT2D eigenvalue weighted by atomic mass is 16.5. The third-order valence-electron chi connectivity index (χ3n) is 3.10. The van der Waals surface area contributed by atoms with Crippen molar-refractivity contribution in [1.29, 1.82) is 0 Å². The number of hydrogen-bond acceptors (Lipinski definition) is 3. The molecule has 0 bridgehead atoms. The molecule has 0 heterocycles. The van der Waals surface area contributed by atoms with E-state index in [0.717, 1.165) is 19.4 Å². The molecular weight excluding hydrogens is 230 g/mol. The fourth-order valence-electron chi connectivity index (χ4n) is 2.26. The van der Waals surface area contributed by atoms with E-state index in [1.807, 2.05) is 6.92 Å². The summed E-state index contributed by atoms with van der Waals surface area (Å²) in [5.41, 5.74) is 0. The maximum atomic E-state index is 11.2. The Morgan fingerprint density at radius 2 is 1.72 bits per heavy atom. The molecule has 0 amide bonds. The Labute approximate surface area is 111 Å². The molecule has 0 saturated carbocycles. The fraction of sp³-hybridized carbons (Fsp3) is 0.929. The summed E-state index contributed by atoms with van der Waals surface area (Å²) in [6.07, 6.45) is 1.37. The van der Waals surface area contributed by atoms with Crippen molar-refractivity contribution in [1.82, 2.24) is 4.90 Å². The molecule has 0 spiro atoms. The lowest BCUT2D eigenvalue weighted by Gasteiger charge is -2.33. The van der Waals surface area contributed by atoms with Crippen LogP contribution in [0.3, 0.4) is 0 Å².